The van der Waals surface area contributed by atoms with Gasteiger partial charge in [-0.2, -0.15) is 4.31 Å². The number of carbonyl (C=O) groups is 1. The Balaban J connectivity index is 1.64. The lowest BCUT2D eigenvalue weighted by molar-refractivity contribution is 0.0619. The second-order valence-electron chi connectivity index (χ2n) is 9.22. The van der Waals surface area contributed by atoms with Gasteiger partial charge in [-0.15, -0.1) is 0 Å². The molecule has 1 atom stereocenters. The molecule has 2 aromatic rings. The summed E-state index contributed by atoms with van der Waals surface area (Å²) in [5.74, 6) is 0.500. The van der Waals surface area contributed by atoms with Crippen LogP contribution in [0.5, 0.6) is 5.75 Å². The molecule has 2 aliphatic rings. The van der Waals surface area contributed by atoms with Gasteiger partial charge in [0.15, 0.2) is 0 Å². The molecule has 0 radical (unpaired) electrons. The molecule has 0 unspecified atom stereocenters. The monoisotopic (exact) mass is 442 g/mol. The Morgan fingerprint density at radius 1 is 1.10 bits per heavy atom. The molecule has 0 aliphatic carbocycles. The number of hydrogen-bond acceptors (Lipinski definition) is 4. The van der Waals surface area contributed by atoms with E-state index in [1.54, 1.807) is 12.1 Å². The topological polar surface area (TPSA) is 75.7 Å². The highest BCUT2D eigenvalue weighted by molar-refractivity contribution is 7.89. The summed E-state index contributed by atoms with van der Waals surface area (Å²) >= 11 is 0. The summed E-state index contributed by atoms with van der Waals surface area (Å²) in [7, 11) is -3.58. The predicted molar refractivity (Wildman–Crippen MR) is 120 cm³/mol. The van der Waals surface area contributed by atoms with Crippen molar-refractivity contribution in [1.82, 2.24) is 9.62 Å². The van der Waals surface area contributed by atoms with Crippen molar-refractivity contribution in [3.8, 4) is 5.75 Å². The third-order valence-corrected chi connectivity index (χ3v) is 7.98. The number of ether oxygens (including phenoxy) is 1. The van der Waals surface area contributed by atoms with E-state index in [2.05, 4.69) is 5.32 Å². The molecule has 0 saturated carbocycles. The lowest BCUT2D eigenvalue weighted by Gasteiger charge is -2.38. The molecule has 1 N–H and O–H groups in total. The molecular formula is C24H30N2O4S. The first-order valence-corrected chi connectivity index (χ1v) is 12.2. The highest BCUT2D eigenvalue weighted by atomic mass is 32.2. The minimum Gasteiger partial charge on any atom is -0.487 e. The van der Waals surface area contributed by atoms with E-state index in [9.17, 15) is 13.2 Å². The summed E-state index contributed by atoms with van der Waals surface area (Å²) in [5, 5.41) is 3.14. The highest BCUT2D eigenvalue weighted by Gasteiger charge is 2.35. The van der Waals surface area contributed by atoms with E-state index in [-0.39, 0.29) is 16.8 Å². The van der Waals surface area contributed by atoms with E-state index in [4.69, 9.17) is 4.74 Å². The van der Waals surface area contributed by atoms with Crippen molar-refractivity contribution in [3.05, 3.63) is 58.7 Å². The molecule has 1 saturated heterocycles. The van der Waals surface area contributed by atoms with Crippen LogP contribution < -0.4 is 10.1 Å². The molecule has 7 heteroatoms. The summed E-state index contributed by atoms with van der Waals surface area (Å²) in [6, 6.07) is 10.6. The van der Waals surface area contributed by atoms with E-state index in [0.717, 1.165) is 35.3 Å². The van der Waals surface area contributed by atoms with Crippen molar-refractivity contribution in [2.45, 2.75) is 63.5 Å². The smallest absolute Gasteiger partial charge is 0.252 e. The maximum Gasteiger partial charge on any atom is 0.252 e. The van der Waals surface area contributed by atoms with E-state index in [1.165, 1.54) is 10.4 Å². The van der Waals surface area contributed by atoms with Gasteiger partial charge in [-0.1, -0.05) is 23.8 Å². The largest absolute Gasteiger partial charge is 0.487 e. The maximum absolute atomic E-state index is 13.3. The van der Waals surface area contributed by atoms with Crippen LogP contribution in [0.1, 0.15) is 66.2 Å². The lowest BCUT2D eigenvalue weighted by Crippen LogP contribution is -2.41. The van der Waals surface area contributed by atoms with Crippen LogP contribution >= 0.6 is 0 Å². The molecule has 0 bridgehead atoms. The molecule has 2 aromatic carbocycles. The molecule has 6 nitrogen and oxygen atoms in total. The number of aryl methyl sites for hydroxylation is 2. The van der Waals surface area contributed by atoms with Gasteiger partial charge in [0.1, 0.15) is 11.4 Å². The number of amides is 1. The van der Waals surface area contributed by atoms with Crippen LogP contribution in [0.15, 0.2) is 41.3 Å². The van der Waals surface area contributed by atoms with Gasteiger partial charge in [0.25, 0.3) is 5.91 Å². The fourth-order valence-electron chi connectivity index (χ4n) is 4.42. The van der Waals surface area contributed by atoms with Crippen molar-refractivity contribution in [2.75, 3.05) is 13.1 Å². The molecule has 0 aromatic heterocycles. The van der Waals surface area contributed by atoms with Crippen LogP contribution in [-0.2, 0) is 10.0 Å². The highest BCUT2D eigenvalue weighted by Crippen LogP contribution is 2.40. The van der Waals surface area contributed by atoms with Crippen LogP contribution in [0.3, 0.4) is 0 Å². The van der Waals surface area contributed by atoms with Gasteiger partial charge in [0, 0.05) is 30.6 Å². The SMILES string of the molecule is Cc1ccc2c(c1)[C@@H](NC(=O)c1cc(S(=O)(=O)N3CCCC3)ccc1C)CC(C)(C)O2. The molecule has 31 heavy (non-hydrogen) atoms. The quantitative estimate of drug-likeness (QED) is 0.773. The molecule has 4 rings (SSSR count). The zero-order chi connectivity index (χ0) is 22.4. The Morgan fingerprint density at radius 2 is 1.81 bits per heavy atom. The first kappa shape index (κ1) is 21.8. The minimum atomic E-state index is -3.58. The number of fused-ring (bicyclic) bond motifs is 1. The zero-order valence-corrected chi connectivity index (χ0v) is 19.4. The van der Waals surface area contributed by atoms with Gasteiger partial charge in [0.05, 0.1) is 10.9 Å². The van der Waals surface area contributed by atoms with Gasteiger partial charge in [-0.05, 0) is 64.3 Å². The van der Waals surface area contributed by atoms with Gasteiger partial charge in [0.2, 0.25) is 10.0 Å². The number of nitrogens with zero attached hydrogens (tertiary/aromatic N) is 1. The van der Waals surface area contributed by atoms with Crippen LogP contribution in [-0.4, -0.2) is 37.3 Å². The van der Waals surface area contributed by atoms with E-state index < -0.39 is 15.6 Å². The fraction of sp³-hybridized carbons (Fsp3) is 0.458. The van der Waals surface area contributed by atoms with Crippen LogP contribution in [0, 0.1) is 13.8 Å². The number of rotatable bonds is 4. The minimum absolute atomic E-state index is 0.175. The Kier molecular flexibility index (Phi) is 5.60. The van der Waals surface area contributed by atoms with Crippen LogP contribution in [0.4, 0.5) is 0 Å². The molecule has 1 amide bonds. The normalized spacial score (nSPS) is 20.7. The van der Waals surface area contributed by atoms with Crippen molar-refractivity contribution in [3.63, 3.8) is 0 Å². The number of nitrogens with one attached hydrogen (secondary N) is 1. The van der Waals surface area contributed by atoms with Crippen LogP contribution in [0.2, 0.25) is 0 Å². The number of sulfonamides is 1. The average molecular weight is 443 g/mol. The fourth-order valence-corrected chi connectivity index (χ4v) is 5.97. The molecule has 1 fully saturated rings. The van der Waals surface area contributed by atoms with E-state index in [0.29, 0.717) is 25.1 Å². The van der Waals surface area contributed by atoms with Gasteiger partial charge < -0.3 is 10.1 Å². The second-order valence-corrected chi connectivity index (χ2v) is 11.2. The number of carbonyl (C=O) groups excluding carboxylic acids is 1. The van der Waals surface area contributed by atoms with Gasteiger partial charge >= 0.3 is 0 Å². The lowest BCUT2D eigenvalue weighted by atomic mass is 9.88. The van der Waals surface area contributed by atoms with Crippen molar-refractivity contribution >= 4 is 15.9 Å². The number of hydrogen-bond donors (Lipinski definition) is 1. The van der Waals surface area contributed by atoms with Crippen molar-refractivity contribution in [2.24, 2.45) is 0 Å². The summed E-state index contributed by atoms with van der Waals surface area (Å²) in [5.41, 5.74) is 2.76. The predicted octanol–water partition coefficient (Wildman–Crippen LogP) is 4.12. The van der Waals surface area contributed by atoms with Crippen LogP contribution in [0.25, 0.3) is 0 Å². The standard InChI is InChI=1S/C24H30N2O4S/c1-16-7-10-22-20(13-16)21(15-24(3,4)30-22)25-23(27)19-14-18(9-8-17(19)2)31(28,29)26-11-5-6-12-26/h7-10,13-14,21H,5-6,11-12,15H2,1-4H3,(H,25,27)/t21-/m0/s1. The van der Waals surface area contributed by atoms with E-state index >= 15 is 0 Å². The molecule has 2 aliphatic heterocycles. The van der Waals surface area contributed by atoms with Gasteiger partial charge in [-0.25, -0.2) is 8.42 Å². The Labute approximate surface area is 184 Å². The summed E-state index contributed by atoms with van der Waals surface area (Å²) < 4.78 is 33.5. The third-order valence-electron chi connectivity index (χ3n) is 6.08. The summed E-state index contributed by atoms with van der Waals surface area (Å²) in [6.45, 7) is 8.91. The maximum atomic E-state index is 13.3. The first-order chi connectivity index (χ1) is 14.6. The van der Waals surface area contributed by atoms with E-state index in [1.807, 2.05) is 45.9 Å². The van der Waals surface area contributed by atoms with Crippen molar-refractivity contribution < 1.29 is 17.9 Å². The molecule has 2 heterocycles. The third kappa shape index (κ3) is 4.34. The Hall–Kier alpha value is -2.38. The first-order valence-electron chi connectivity index (χ1n) is 10.8. The Bertz CT molecular complexity index is 1120. The molecule has 0 spiro atoms. The Morgan fingerprint density at radius 3 is 2.52 bits per heavy atom. The zero-order valence-electron chi connectivity index (χ0n) is 18.6. The van der Waals surface area contributed by atoms with Gasteiger partial charge in [-0.3, -0.25) is 4.79 Å². The summed E-state index contributed by atoms with van der Waals surface area (Å²) in [6.07, 6.45) is 2.37. The average Bonchev–Trinajstić information content (AvgIpc) is 3.24. The summed E-state index contributed by atoms with van der Waals surface area (Å²) in [4.78, 5) is 13.5. The van der Waals surface area contributed by atoms with Crippen molar-refractivity contribution in [1.29, 1.82) is 0 Å². The molecule has 166 valence electrons. The second kappa shape index (κ2) is 7.95. The number of benzene rings is 2. The molecular weight excluding hydrogens is 412 g/mol.